The molecule has 6 heteroatoms. The number of ether oxygens (including phenoxy) is 1. The lowest BCUT2D eigenvalue weighted by atomic mass is 10.1. The van der Waals surface area contributed by atoms with Gasteiger partial charge in [-0.15, -0.1) is 0 Å². The second kappa shape index (κ2) is 6.98. The van der Waals surface area contributed by atoms with Gasteiger partial charge in [0.1, 0.15) is 0 Å². The second-order valence-electron chi connectivity index (χ2n) is 8.99. The summed E-state index contributed by atoms with van der Waals surface area (Å²) in [5.41, 5.74) is 0.596. The Hall–Kier alpha value is -0.179. The van der Waals surface area contributed by atoms with Gasteiger partial charge in [-0.25, -0.2) is 4.79 Å². The molecule has 23 heavy (non-hydrogen) atoms. The molecule has 1 aliphatic heterocycles. The van der Waals surface area contributed by atoms with Gasteiger partial charge in [0.15, 0.2) is 7.83 Å². The largest absolute Gasteiger partial charge is 0.463 e. The van der Waals surface area contributed by atoms with Crippen LogP contribution in [0.2, 0.25) is 38.8 Å². The molecular weight excluding hydrogens is 336 g/mol. The monoisotopic (exact) mass is 372 g/mol. The van der Waals surface area contributed by atoms with E-state index in [2.05, 4.69) is 60.1 Å². The maximum Gasteiger partial charge on any atom is 0.333 e. The van der Waals surface area contributed by atoms with Crippen molar-refractivity contribution >= 4 is 28.5 Å². The normalized spacial score (nSPS) is 30.8. The summed E-state index contributed by atoms with van der Waals surface area (Å²) in [4.78, 5) is 12.3. The van der Waals surface area contributed by atoms with E-state index in [9.17, 15) is 4.79 Å². The number of carbonyl (C=O) groups is 1. The van der Waals surface area contributed by atoms with E-state index in [1.807, 2.05) is 0 Å². The Labute approximate surface area is 145 Å². The Kier molecular flexibility index (Phi) is 6.33. The highest BCUT2D eigenvalue weighted by molar-refractivity contribution is 7.68. The van der Waals surface area contributed by atoms with Crippen LogP contribution >= 0.6 is 0 Å². The quantitative estimate of drug-likeness (QED) is 0.401. The van der Waals surface area contributed by atoms with Crippen LogP contribution in [0, 0.1) is 5.92 Å². The third-order valence-corrected chi connectivity index (χ3v) is 46.3. The van der Waals surface area contributed by atoms with Crippen LogP contribution in [0.1, 0.15) is 34.1 Å². The fourth-order valence-corrected chi connectivity index (χ4v) is 37.2. The van der Waals surface area contributed by atoms with Gasteiger partial charge >= 0.3 is 5.97 Å². The Bertz CT molecular complexity index is 474. The highest BCUT2D eigenvalue weighted by Crippen LogP contribution is 2.43. The predicted octanol–water partition coefficient (Wildman–Crippen LogP) is 4.63. The number of esters is 1. The first-order valence-corrected chi connectivity index (χ1v) is 19.5. The summed E-state index contributed by atoms with van der Waals surface area (Å²) >= 11 is 0. The number of hydrogen-bond donors (Lipinski definition) is 0. The molecule has 134 valence electrons. The molecule has 0 spiro atoms. The van der Waals surface area contributed by atoms with E-state index in [0.717, 1.165) is 12.5 Å². The molecule has 0 aromatic heterocycles. The average molecular weight is 373 g/mol. The van der Waals surface area contributed by atoms with Crippen LogP contribution in [0.15, 0.2) is 12.2 Å². The number of carbonyl (C=O) groups excluding carboxylic acids is 1. The molecule has 0 aliphatic carbocycles. The Balaban J connectivity index is 3.28. The van der Waals surface area contributed by atoms with Crippen LogP contribution in [0.25, 0.3) is 0 Å². The average Bonchev–Trinajstić information content (AvgIpc) is 2.34. The van der Waals surface area contributed by atoms with Crippen molar-refractivity contribution in [3.05, 3.63) is 12.2 Å². The van der Waals surface area contributed by atoms with E-state index in [-0.39, 0.29) is 11.7 Å². The molecule has 1 aliphatic rings. The van der Waals surface area contributed by atoms with Gasteiger partial charge < -0.3 is 9.16 Å². The van der Waals surface area contributed by atoms with E-state index >= 15 is 0 Å². The topological polar surface area (TPSA) is 35.5 Å². The molecule has 3 unspecified atom stereocenters. The minimum Gasteiger partial charge on any atom is -0.463 e. The fourth-order valence-electron chi connectivity index (χ4n) is 3.86. The van der Waals surface area contributed by atoms with Gasteiger partial charge in [-0.1, -0.05) is 40.1 Å². The third kappa shape index (κ3) is 4.08. The van der Waals surface area contributed by atoms with Gasteiger partial charge in [0.2, 0.25) is 0 Å². The molecule has 1 saturated heterocycles. The smallest absolute Gasteiger partial charge is 0.333 e. The van der Waals surface area contributed by atoms with Gasteiger partial charge in [-0.3, -0.25) is 0 Å². The Morgan fingerprint density at radius 1 is 1.26 bits per heavy atom. The summed E-state index contributed by atoms with van der Waals surface area (Å²) in [5.74, 6) is 0.308. The van der Waals surface area contributed by atoms with Gasteiger partial charge in [-0.05, 0) is 45.3 Å². The van der Waals surface area contributed by atoms with E-state index in [1.165, 1.54) is 0 Å². The van der Waals surface area contributed by atoms with Crippen LogP contribution < -0.4 is 0 Å². The van der Waals surface area contributed by atoms with Crippen molar-refractivity contribution in [1.29, 1.82) is 0 Å². The highest BCUT2D eigenvalue weighted by Gasteiger charge is 2.64. The standard InChI is InChI=1S/C17H36O3Si3/c1-13(2)11-16(19-17(18)14(3)4)23(10)12-15(5)20-21(6,7)22(23,8)9/h13,15-16H,3,11-12H2,1-2,4-10H3. The van der Waals surface area contributed by atoms with E-state index in [4.69, 9.17) is 9.16 Å². The predicted molar refractivity (Wildman–Crippen MR) is 106 cm³/mol. The molecule has 0 aromatic carbocycles. The minimum atomic E-state index is -1.77. The first-order valence-electron chi connectivity index (χ1n) is 8.79. The second-order valence-corrected chi connectivity index (χ2v) is 35.4. The molecule has 3 atom stereocenters. The molecule has 1 fully saturated rings. The first kappa shape index (κ1) is 20.9. The Morgan fingerprint density at radius 3 is 2.22 bits per heavy atom. The van der Waals surface area contributed by atoms with Crippen molar-refractivity contribution in [1.82, 2.24) is 0 Å². The van der Waals surface area contributed by atoms with Gasteiger partial charge in [-0.2, -0.15) is 0 Å². The lowest BCUT2D eigenvalue weighted by Crippen LogP contribution is -2.81. The molecule has 0 N–H and O–H groups in total. The van der Waals surface area contributed by atoms with Crippen LogP contribution in [-0.4, -0.2) is 40.3 Å². The number of hydrogen-bond acceptors (Lipinski definition) is 3. The summed E-state index contributed by atoms with van der Waals surface area (Å²) in [7, 11) is -5.09. The minimum absolute atomic E-state index is 0.0893. The third-order valence-electron chi connectivity index (χ3n) is 6.13. The molecule has 0 radical (unpaired) electrons. The molecule has 1 rings (SSSR count). The van der Waals surface area contributed by atoms with Crippen molar-refractivity contribution < 1.29 is 14.0 Å². The van der Waals surface area contributed by atoms with Crippen LogP contribution in [0.5, 0.6) is 0 Å². The maximum absolute atomic E-state index is 12.3. The molecule has 3 nitrogen and oxygen atoms in total. The zero-order valence-electron chi connectivity index (χ0n) is 16.6. The Morgan fingerprint density at radius 2 is 1.78 bits per heavy atom. The molecule has 1 heterocycles. The highest BCUT2D eigenvalue weighted by atomic mass is 29.6. The molecular formula is C17H36O3Si3. The number of rotatable bonds is 5. The summed E-state index contributed by atoms with van der Waals surface area (Å²) in [6, 6.07) is 1.11. The first-order chi connectivity index (χ1) is 10.2. The summed E-state index contributed by atoms with van der Waals surface area (Å²) in [6.45, 7) is 24.4. The molecule has 0 bridgehead atoms. The van der Waals surface area contributed by atoms with Gasteiger partial charge in [0.05, 0.1) is 20.4 Å². The van der Waals surface area contributed by atoms with E-state index < -0.39 is 22.5 Å². The van der Waals surface area contributed by atoms with Crippen molar-refractivity contribution in [2.24, 2.45) is 5.92 Å². The van der Waals surface area contributed by atoms with Crippen molar-refractivity contribution in [3.8, 4) is 0 Å². The molecule has 0 amide bonds. The van der Waals surface area contributed by atoms with E-state index in [1.54, 1.807) is 6.92 Å². The lowest BCUT2D eigenvalue weighted by Gasteiger charge is -2.57. The zero-order chi connectivity index (χ0) is 18.2. The summed E-state index contributed by atoms with van der Waals surface area (Å²) in [6.07, 6.45) is 1.27. The van der Waals surface area contributed by atoms with Crippen molar-refractivity contribution in [3.63, 3.8) is 0 Å². The van der Waals surface area contributed by atoms with E-state index in [0.29, 0.717) is 17.6 Å². The van der Waals surface area contributed by atoms with Crippen LogP contribution in [0.3, 0.4) is 0 Å². The summed E-state index contributed by atoms with van der Waals surface area (Å²) < 4.78 is 12.5. The summed E-state index contributed by atoms with van der Waals surface area (Å²) in [5, 5.41) is 0. The zero-order valence-corrected chi connectivity index (χ0v) is 19.6. The van der Waals surface area contributed by atoms with Crippen LogP contribution in [-0.2, 0) is 14.0 Å². The lowest BCUT2D eigenvalue weighted by molar-refractivity contribution is -0.141. The molecule has 0 saturated carbocycles. The molecule has 0 aromatic rings. The fraction of sp³-hybridized carbons (Fsp3) is 0.824. The van der Waals surface area contributed by atoms with Crippen LogP contribution in [0.4, 0.5) is 0 Å². The van der Waals surface area contributed by atoms with Gasteiger partial charge in [0, 0.05) is 11.7 Å². The van der Waals surface area contributed by atoms with Crippen molar-refractivity contribution in [2.75, 3.05) is 0 Å². The van der Waals surface area contributed by atoms with Gasteiger partial charge in [0.25, 0.3) is 0 Å². The van der Waals surface area contributed by atoms with Crippen molar-refractivity contribution in [2.45, 2.75) is 84.7 Å². The SMILES string of the molecule is C=C(C)C(=O)OC(CC(C)C)[Si]1(C)CC(C)O[Si](C)(C)[Si]1(C)C. The maximum atomic E-state index is 12.3.